The lowest BCUT2D eigenvalue weighted by atomic mass is 10.0. The van der Waals surface area contributed by atoms with E-state index in [-0.39, 0.29) is 29.3 Å². The summed E-state index contributed by atoms with van der Waals surface area (Å²) in [6, 6.07) is 8.88. The summed E-state index contributed by atoms with van der Waals surface area (Å²) in [5.74, 6) is 1.27. The second kappa shape index (κ2) is 9.24. The van der Waals surface area contributed by atoms with Crippen LogP contribution in [0.15, 0.2) is 36.4 Å². The number of rotatable bonds is 5. The number of fused-ring (bicyclic) bond motifs is 1. The molecule has 0 aliphatic carbocycles. The number of nitrogen functional groups attached to an aromatic ring is 1. The van der Waals surface area contributed by atoms with Gasteiger partial charge >= 0.3 is 6.18 Å². The molecule has 11 heteroatoms. The van der Waals surface area contributed by atoms with Crippen molar-refractivity contribution in [1.29, 1.82) is 0 Å². The van der Waals surface area contributed by atoms with Gasteiger partial charge in [-0.05, 0) is 49.2 Å². The largest absolute Gasteiger partial charge is 0.497 e. The summed E-state index contributed by atoms with van der Waals surface area (Å²) in [6.07, 6.45) is -2.89. The number of anilines is 4. The van der Waals surface area contributed by atoms with Gasteiger partial charge in [0.1, 0.15) is 11.6 Å². The summed E-state index contributed by atoms with van der Waals surface area (Å²) in [6.45, 7) is 2.73. The van der Waals surface area contributed by atoms with E-state index >= 15 is 0 Å². The standard InChI is InChI=1S/C23H25F3N6O2/c1-13(33)28-15-4-3-9-32(12-15)21-17-11-16(34-2)6-8-20(17)30-22(31-21)29-14-5-7-19(27)18(10-14)23(24,25)26/h5-8,10-11,15H,3-4,9,12,27H2,1-2H3,(H,28,33)(H,29,30,31)/t15-/m1/s1. The van der Waals surface area contributed by atoms with E-state index in [4.69, 9.17) is 10.5 Å². The van der Waals surface area contributed by atoms with Crippen LogP contribution in [0.3, 0.4) is 0 Å². The van der Waals surface area contributed by atoms with Gasteiger partial charge in [-0.3, -0.25) is 4.79 Å². The van der Waals surface area contributed by atoms with Crippen LogP contribution in [0.25, 0.3) is 10.9 Å². The Balaban J connectivity index is 1.74. The third-order valence-corrected chi connectivity index (χ3v) is 5.63. The number of carbonyl (C=O) groups is 1. The molecule has 8 nitrogen and oxygen atoms in total. The quantitative estimate of drug-likeness (QED) is 0.479. The maximum atomic E-state index is 13.3. The Hall–Kier alpha value is -3.76. The van der Waals surface area contributed by atoms with E-state index in [1.807, 2.05) is 11.0 Å². The maximum absolute atomic E-state index is 13.3. The molecule has 2 aromatic carbocycles. The molecular weight excluding hydrogens is 449 g/mol. The Morgan fingerprint density at radius 3 is 2.71 bits per heavy atom. The molecule has 4 rings (SSSR count). The Kier molecular flexibility index (Phi) is 6.36. The minimum atomic E-state index is -4.58. The van der Waals surface area contributed by atoms with Crippen LogP contribution in [0.5, 0.6) is 5.75 Å². The molecule has 1 fully saturated rings. The van der Waals surface area contributed by atoms with Crippen molar-refractivity contribution in [1.82, 2.24) is 15.3 Å². The molecule has 4 N–H and O–H groups in total. The van der Waals surface area contributed by atoms with Crippen molar-refractivity contribution in [3.05, 3.63) is 42.0 Å². The molecule has 1 atom stereocenters. The van der Waals surface area contributed by atoms with Gasteiger partial charge in [-0.1, -0.05) is 0 Å². The molecule has 0 radical (unpaired) electrons. The zero-order valence-electron chi connectivity index (χ0n) is 18.7. The number of halogens is 3. The topological polar surface area (TPSA) is 105 Å². The summed E-state index contributed by atoms with van der Waals surface area (Å²) in [7, 11) is 1.56. The molecular formula is C23H25F3N6O2. The van der Waals surface area contributed by atoms with E-state index in [0.29, 0.717) is 30.2 Å². The average Bonchev–Trinajstić information content (AvgIpc) is 2.78. The molecule has 1 amide bonds. The SMILES string of the molecule is COc1ccc2nc(Nc3ccc(N)c(C(F)(F)F)c3)nc(N3CCC[C@@H](NC(C)=O)C3)c2c1. The summed E-state index contributed by atoms with van der Waals surface area (Å²) in [5, 5.41) is 6.57. The highest BCUT2D eigenvalue weighted by Gasteiger charge is 2.33. The lowest BCUT2D eigenvalue weighted by molar-refractivity contribution is -0.136. The summed E-state index contributed by atoms with van der Waals surface area (Å²) in [4.78, 5) is 22.7. The van der Waals surface area contributed by atoms with Crippen LogP contribution in [-0.4, -0.2) is 42.1 Å². The average molecular weight is 474 g/mol. The molecule has 34 heavy (non-hydrogen) atoms. The van der Waals surface area contributed by atoms with Crippen molar-refractivity contribution in [2.45, 2.75) is 32.0 Å². The number of amides is 1. The molecule has 180 valence electrons. The third kappa shape index (κ3) is 5.08. The molecule has 0 unspecified atom stereocenters. The van der Waals surface area contributed by atoms with Crippen molar-refractivity contribution < 1.29 is 22.7 Å². The van der Waals surface area contributed by atoms with Crippen molar-refractivity contribution in [2.75, 3.05) is 36.1 Å². The third-order valence-electron chi connectivity index (χ3n) is 5.63. The van der Waals surface area contributed by atoms with Crippen LogP contribution >= 0.6 is 0 Å². The predicted molar refractivity (Wildman–Crippen MR) is 124 cm³/mol. The number of piperidine rings is 1. The van der Waals surface area contributed by atoms with E-state index in [0.717, 1.165) is 24.3 Å². The number of nitrogens with two attached hydrogens (primary N) is 1. The number of nitrogens with zero attached hydrogens (tertiary/aromatic N) is 3. The second-order valence-electron chi connectivity index (χ2n) is 8.16. The van der Waals surface area contributed by atoms with Crippen LogP contribution in [0.4, 0.5) is 36.3 Å². The van der Waals surface area contributed by atoms with Crippen LogP contribution in [0.2, 0.25) is 0 Å². The highest BCUT2D eigenvalue weighted by atomic mass is 19.4. The highest BCUT2D eigenvalue weighted by Crippen LogP contribution is 2.36. The number of alkyl halides is 3. The molecule has 0 saturated carbocycles. The van der Waals surface area contributed by atoms with E-state index < -0.39 is 11.7 Å². The number of ether oxygens (including phenoxy) is 1. The minimum Gasteiger partial charge on any atom is -0.497 e. The highest BCUT2D eigenvalue weighted by molar-refractivity contribution is 5.92. The van der Waals surface area contributed by atoms with Gasteiger partial charge in [-0.2, -0.15) is 18.2 Å². The minimum absolute atomic E-state index is 0.0373. The fraction of sp³-hybridized carbons (Fsp3) is 0.348. The number of nitrogens with one attached hydrogen (secondary N) is 2. The van der Waals surface area contributed by atoms with Crippen LogP contribution in [-0.2, 0) is 11.0 Å². The first-order valence-electron chi connectivity index (χ1n) is 10.8. The second-order valence-corrected chi connectivity index (χ2v) is 8.16. The summed E-state index contributed by atoms with van der Waals surface area (Å²) in [5.41, 5.74) is 4.98. The predicted octanol–water partition coefficient (Wildman–Crippen LogP) is 4.09. The van der Waals surface area contributed by atoms with Crippen molar-refractivity contribution in [3.63, 3.8) is 0 Å². The Bertz CT molecular complexity index is 1220. The molecule has 3 aromatic rings. The lowest BCUT2D eigenvalue weighted by Gasteiger charge is -2.34. The molecule has 0 bridgehead atoms. The molecule has 1 aliphatic rings. The van der Waals surface area contributed by atoms with Crippen LogP contribution < -0.4 is 26.0 Å². The van der Waals surface area contributed by atoms with Gasteiger partial charge in [0.25, 0.3) is 0 Å². The summed E-state index contributed by atoms with van der Waals surface area (Å²) >= 11 is 0. The molecule has 2 heterocycles. The van der Waals surface area contributed by atoms with E-state index in [1.54, 1.807) is 19.2 Å². The van der Waals surface area contributed by atoms with Gasteiger partial charge in [-0.15, -0.1) is 0 Å². The van der Waals surface area contributed by atoms with Crippen LogP contribution in [0, 0.1) is 0 Å². The smallest absolute Gasteiger partial charge is 0.418 e. The van der Waals surface area contributed by atoms with Crippen LogP contribution in [0.1, 0.15) is 25.3 Å². The Morgan fingerprint density at radius 2 is 2.00 bits per heavy atom. The first-order chi connectivity index (χ1) is 16.1. The maximum Gasteiger partial charge on any atom is 0.418 e. The Morgan fingerprint density at radius 1 is 1.21 bits per heavy atom. The monoisotopic (exact) mass is 474 g/mol. The fourth-order valence-corrected chi connectivity index (χ4v) is 4.10. The van der Waals surface area contributed by atoms with Gasteiger partial charge in [0.15, 0.2) is 0 Å². The molecule has 1 saturated heterocycles. The number of methoxy groups -OCH3 is 1. The first-order valence-corrected chi connectivity index (χ1v) is 10.8. The number of carbonyl (C=O) groups excluding carboxylic acids is 1. The lowest BCUT2D eigenvalue weighted by Crippen LogP contribution is -2.47. The van der Waals surface area contributed by atoms with Gasteiger partial charge in [0, 0.05) is 42.8 Å². The zero-order valence-corrected chi connectivity index (χ0v) is 18.7. The van der Waals surface area contributed by atoms with Gasteiger partial charge in [0.05, 0.1) is 18.2 Å². The van der Waals surface area contributed by atoms with Gasteiger partial charge in [-0.25, -0.2) is 4.98 Å². The van der Waals surface area contributed by atoms with E-state index in [2.05, 4.69) is 20.6 Å². The number of hydrogen-bond acceptors (Lipinski definition) is 7. The van der Waals surface area contributed by atoms with E-state index in [1.165, 1.54) is 19.1 Å². The summed E-state index contributed by atoms with van der Waals surface area (Å²) < 4.78 is 45.2. The first kappa shape index (κ1) is 23.4. The molecule has 0 spiro atoms. The zero-order chi connectivity index (χ0) is 24.5. The number of benzene rings is 2. The van der Waals surface area contributed by atoms with Crippen molar-refractivity contribution in [2.24, 2.45) is 0 Å². The molecule has 1 aliphatic heterocycles. The van der Waals surface area contributed by atoms with Gasteiger partial charge in [0.2, 0.25) is 11.9 Å². The number of hydrogen-bond donors (Lipinski definition) is 3. The normalized spacial score (nSPS) is 16.4. The van der Waals surface area contributed by atoms with Crippen molar-refractivity contribution in [3.8, 4) is 5.75 Å². The molecule has 1 aromatic heterocycles. The van der Waals surface area contributed by atoms with E-state index in [9.17, 15) is 18.0 Å². The van der Waals surface area contributed by atoms with Crippen molar-refractivity contribution >= 4 is 40.0 Å². The Labute approximate surface area is 194 Å². The fourth-order valence-electron chi connectivity index (χ4n) is 4.10. The number of aromatic nitrogens is 2. The van der Waals surface area contributed by atoms with Gasteiger partial charge < -0.3 is 26.0 Å².